The second-order valence-electron chi connectivity index (χ2n) is 8.38. The maximum Gasteiger partial charge on any atom is 0.246 e. The molecule has 41 heavy (non-hydrogen) atoms. The third kappa shape index (κ3) is 34.6. The Labute approximate surface area is 244 Å². The lowest BCUT2D eigenvalue weighted by Crippen LogP contribution is -2.30. The molecule has 0 heterocycles. The largest absolute Gasteiger partial charge is 0.379 e. The van der Waals surface area contributed by atoms with E-state index in [9.17, 15) is 9.59 Å². The van der Waals surface area contributed by atoms with Gasteiger partial charge in [-0.3, -0.25) is 9.59 Å². The van der Waals surface area contributed by atoms with Crippen LogP contribution in [0.3, 0.4) is 0 Å². The Bertz CT molecular complexity index is 520. The van der Waals surface area contributed by atoms with E-state index >= 15 is 0 Å². The van der Waals surface area contributed by atoms with E-state index in [1.165, 1.54) is 0 Å². The number of amides is 2. The Kier molecular flexibility index (Phi) is 33.4. The summed E-state index contributed by atoms with van der Waals surface area (Å²) < 4.78 is 47.8. The smallest absolute Gasteiger partial charge is 0.246 e. The van der Waals surface area contributed by atoms with Crippen LogP contribution in [-0.2, 0) is 52.2 Å². The van der Waals surface area contributed by atoms with Crippen molar-refractivity contribution in [1.29, 1.82) is 0 Å². The van der Waals surface area contributed by atoms with Crippen molar-refractivity contribution in [1.82, 2.24) is 10.6 Å². The maximum absolute atomic E-state index is 11.7. The van der Waals surface area contributed by atoms with E-state index in [1.54, 1.807) is 0 Å². The lowest BCUT2D eigenvalue weighted by Gasteiger charge is -2.09. The summed E-state index contributed by atoms with van der Waals surface area (Å²) in [6.07, 6.45) is 1.40. The highest BCUT2D eigenvalue weighted by molar-refractivity contribution is 5.77. The zero-order valence-corrected chi connectivity index (χ0v) is 24.6. The Hall–Kier alpha value is -1.50. The van der Waals surface area contributed by atoms with Gasteiger partial charge in [0.15, 0.2) is 0 Å². The molecule has 15 heteroatoms. The minimum absolute atomic E-state index is 0.0369. The van der Waals surface area contributed by atoms with Gasteiger partial charge >= 0.3 is 0 Å². The van der Waals surface area contributed by atoms with E-state index in [0.717, 1.165) is 0 Å². The van der Waals surface area contributed by atoms with Gasteiger partial charge in [-0.05, 0) is 12.8 Å². The van der Waals surface area contributed by atoms with Crippen molar-refractivity contribution < 1.29 is 52.2 Å². The van der Waals surface area contributed by atoms with Gasteiger partial charge < -0.3 is 64.7 Å². The summed E-state index contributed by atoms with van der Waals surface area (Å²) >= 11 is 0. The summed E-state index contributed by atoms with van der Waals surface area (Å²) in [6.45, 7) is 9.37. The van der Waals surface area contributed by atoms with Crippen LogP contribution >= 0.6 is 0 Å². The molecule has 0 aromatic rings. The van der Waals surface area contributed by atoms with Crippen molar-refractivity contribution in [3.8, 4) is 0 Å². The van der Waals surface area contributed by atoms with E-state index in [-0.39, 0.29) is 38.2 Å². The molecule has 244 valence electrons. The van der Waals surface area contributed by atoms with Gasteiger partial charge in [-0.2, -0.15) is 0 Å². The first-order valence-electron chi connectivity index (χ1n) is 14.3. The summed E-state index contributed by atoms with van der Waals surface area (Å²) in [5.74, 6) is -0.387. The monoisotopic (exact) mass is 598 g/mol. The van der Waals surface area contributed by atoms with Crippen molar-refractivity contribution >= 4 is 11.8 Å². The maximum atomic E-state index is 11.7. The molecule has 0 aliphatic carbocycles. The predicted molar refractivity (Wildman–Crippen MR) is 151 cm³/mol. The van der Waals surface area contributed by atoms with Gasteiger partial charge in [0.05, 0.1) is 92.5 Å². The third-order valence-electron chi connectivity index (χ3n) is 4.80. The minimum Gasteiger partial charge on any atom is -0.379 e. The SMILES string of the molecule is NCCOCCOCCOCCCNC(=O)COCCOCCOCC(=O)NCCCOCCOCCOCCN. The molecular weight excluding hydrogens is 544 g/mol. The zero-order valence-electron chi connectivity index (χ0n) is 24.6. The van der Waals surface area contributed by atoms with Crippen molar-refractivity contribution in [2.24, 2.45) is 11.5 Å². The van der Waals surface area contributed by atoms with Crippen molar-refractivity contribution in [2.75, 3.05) is 145 Å². The van der Waals surface area contributed by atoms with Gasteiger partial charge in [0, 0.05) is 39.4 Å². The van der Waals surface area contributed by atoms with Crippen molar-refractivity contribution in [2.45, 2.75) is 12.8 Å². The molecule has 0 fully saturated rings. The highest BCUT2D eigenvalue weighted by Crippen LogP contribution is 1.87. The first-order chi connectivity index (χ1) is 20.2. The van der Waals surface area contributed by atoms with Crippen molar-refractivity contribution in [3.05, 3.63) is 0 Å². The van der Waals surface area contributed by atoms with E-state index in [0.29, 0.717) is 132 Å². The number of hydrogen-bond donors (Lipinski definition) is 4. The number of nitrogens with two attached hydrogens (primary N) is 2. The number of rotatable bonds is 34. The summed E-state index contributed by atoms with van der Waals surface area (Å²) in [5.41, 5.74) is 10.6. The Balaban J connectivity index is 3.24. The second-order valence-corrected chi connectivity index (χ2v) is 8.38. The van der Waals surface area contributed by atoms with Crippen molar-refractivity contribution in [3.63, 3.8) is 0 Å². The average molecular weight is 599 g/mol. The third-order valence-corrected chi connectivity index (χ3v) is 4.80. The van der Waals surface area contributed by atoms with Gasteiger partial charge in [-0.15, -0.1) is 0 Å². The summed E-state index contributed by atoms with van der Waals surface area (Å²) in [4.78, 5) is 23.5. The fourth-order valence-corrected chi connectivity index (χ4v) is 2.82. The second kappa shape index (κ2) is 34.7. The van der Waals surface area contributed by atoms with Crippen LogP contribution in [0.5, 0.6) is 0 Å². The Morgan fingerprint density at radius 1 is 0.390 bits per heavy atom. The predicted octanol–water partition coefficient (Wildman–Crippen LogP) is -1.93. The standard InChI is InChI=1S/C26H54N4O11/c27-3-9-35-13-17-37-15-11-33-7-1-5-29-25(31)23-40-21-19-39-20-22-41-24-26(32)30-6-2-8-34-12-16-38-18-14-36-10-4-28/h1-24,27-28H2,(H,29,31)(H,30,32). The van der Waals surface area contributed by atoms with Gasteiger partial charge in [-0.25, -0.2) is 0 Å². The van der Waals surface area contributed by atoms with E-state index < -0.39 is 0 Å². The van der Waals surface area contributed by atoms with Gasteiger partial charge in [0.2, 0.25) is 11.8 Å². The molecule has 0 aliphatic heterocycles. The summed E-state index contributed by atoms with van der Waals surface area (Å²) in [7, 11) is 0. The van der Waals surface area contributed by atoms with Gasteiger partial charge in [-0.1, -0.05) is 0 Å². The highest BCUT2D eigenvalue weighted by atomic mass is 16.6. The quantitative estimate of drug-likeness (QED) is 0.0599. The molecule has 0 rings (SSSR count). The number of carbonyl (C=O) groups excluding carboxylic acids is 2. The molecule has 0 saturated heterocycles. The topological polar surface area (TPSA) is 193 Å². The lowest BCUT2D eigenvalue weighted by atomic mass is 10.4. The van der Waals surface area contributed by atoms with Gasteiger partial charge in [0.25, 0.3) is 0 Å². The molecule has 0 aliphatic rings. The summed E-state index contributed by atoms with van der Waals surface area (Å²) in [5, 5.41) is 5.52. The van der Waals surface area contributed by atoms with Crippen LogP contribution in [0, 0.1) is 0 Å². The number of carbonyl (C=O) groups is 2. The van der Waals surface area contributed by atoms with Gasteiger partial charge in [0.1, 0.15) is 13.2 Å². The van der Waals surface area contributed by atoms with E-state index in [4.69, 9.17) is 54.1 Å². The molecule has 0 bridgehead atoms. The van der Waals surface area contributed by atoms with Crippen LogP contribution in [-0.4, -0.2) is 157 Å². The molecule has 2 amide bonds. The first-order valence-corrected chi connectivity index (χ1v) is 14.3. The van der Waals surface area contributed by atoms with Crippen LogP contribution in [0.4, 0.5) is 0 Å². The fourth-order valence-electron chi connectivity index (χ4n) is 2.82. The van der Waals surface area contributed by atoms with E-state index in [2.05, 4.69) is 10.6 Å². The van der Waals surface area contributed by atoms with Crippen LogP contribution in [0.25, 0.3) is 0 Å². The molecule has 0 radical (unpaired) electrons. The fraction of sp³-hybridized carbons (Fsp3) is 0.923. The number of nitrogens with one attached hydrogen (secondary N) is 2. The van der Waals surface area contributed by atoms with Crippen LogP contribution < -0.4 is 22.1 Å². The average Bonchev–Trinajstić information content (AvgIpc) is 2.97. The Morgan fingerprint density at radius 3 is 0.976 bits per heavy atom. The molecule has 0 aromatic heterocycles. The normalized spacial score (nSPS) is 11.2. The molecule has 15 nitrogen and oxygen atoms in total. The van der Waals surface area contributed by atoms with E-state index in [1.807, 2.05) is 0 Å². The number of hydrogen-bond acceptors (Lipinski definition) is 13. The van der Waals surface area contributed by atoms with Crippen LogP contribution in [0.15, 0.2) is 0 Å². The zero-order chi connectivity index (χ0) is 29.9. The van der Waals surface area contributed by atoms with Crippen LogP contribution in [0.1, 0.15) is 12.8 Å². The highest BCUT2D eigenvalue weighted by Gasteiger charge is 2.02. The molecule has 0 unspecified atom stereocenters. The lowest BCUT2D eigenvalue weighted by molar-refractivity contribution is -0.126. The molecule has 0 atom stereocenters. The summed E-state index contributed by atoms with van der Waals surface area (Å²) in [6, 6.07) is 0. The van der Waals surface area contributed by atoms with Crippen LogP contribution in [0.2, 0.25) is 0 Å². The molecule has 0 aromatic carbocycles. The molecule has 0 saturated carbocycles. The molecular formula is C26H54N4O11. The minimum atomic E-state index is -0.194. The molecule has 0 spiro atoms. The number of ether oxygens (including phenoxy) is 9. The molecule has 6 N–H and O–H groups in total. The first kappa shape index (κ1) is 39.5. The Morgan fingerprint density at radius 2 is 0.659 bits per heavy atom.